The fourth-order valence-corrected chi connectivity index (χ4v) is 3.16. The van der Waals surface area contributed by atoms with Crippen LogP contribution in [0.25, 0.3) is 0 Å². The first-order chi connectivity index (χ1) is 12.4. The highest BCUT2D eigenvalue weighted by Crippen LogP contribution is 2.34. The Kier molecular flexibility index (Phi) is 3.61. The lowest BCUT2D eigenvalue weighted by Crippen LogP contribution is -2.54. The molecule has 0 aromatic heterocycles. The molecule has 1 aliphatic carbocycles. The summed E-state index contributed by atoms with van der Waals surface area (Å²) >= 11 is 0. The molecule has 0 radical (unpaired) electrons. The van der Waals surface area contributed by atoms with Crippen LogP contribution in [0.15, 0.2) is 12.1 Å². The molecule has 4 rings (SSSR count). The normalized spacial score (nSPS) is 24.2. The van der Waals surface area contributed by atoms with Crippen LogP contribution >= 0.6 is 0 Å². The Morgan fingerprint density at radius 1 is 1.35 bits per heavy atom. The summed E-state index contributed by atoms with van der Waals surface area (Å²) in [5.74, 6) is 0.746. The summed E-state index contributed by atoms with van der Waals surface area (Å²) in [4.78, 5) is 37.4. The predicted molar refractivity (Wildman–Crippen MR) is 87.6 cm³/mol. The molecule has 0 spiro atoms. The molecule has 8 heteroatoms. The number of amides is 4. The fraction of sp³-hybridized carbons (Fsp3) is 0.389. The number of carbonyl (C=O) groups is 3. The topological polar surface area (TPSA) is 87.7 Å². The Labute approximate surface area is 148 Å². The van der Waals surface area contributed by atoms with Crippen LogP contribution in [0.5, 0.6) is 5.75 Å². The fourth-order valence-electron chi connectivity index (χ4n) is 3.16. The van der Waals surface area contributed by atoms with Crippen molar-refractivity contribution in [1.82, 2.24) is 15.5 Å². The highest BCUT2D eigenvalue weighted by atomic mass is 19.1. The van der Waals surface area contributed by atoms with Gasteiger partial charge in [-0.15, -0.1) is 6.42 Å². The molecule has 1 aromatic carbocycles. The maximum absolute atomic E-state index is 14.7. The van der Waals surface area contributed by atoms with E-state index in [1.807, 2.05) is 0 Å². The largest absolute Gasteiger partial charge is 0.490 e. The van der Waals surface area contributed by atoms with Crippen LogP contribution in [0.1, 0.15) is 28.8 Å². The van der Waals surface area contributed by atoms with Gasteiger partial charge in [-0.2, -0.15) is 0 Å². The average Bonchev–Trinajstić information content (AvgIpc) is 3.32. The van der Waals surface area contributed by atoms with Gasteiger partial charge in [-0.1, -0.05) is 12.0 Å². The van der Waals surface area contributed by atoms with Gasteiger partial charge in [-0.25, -0.2) is 9.18 Å². The van der Waals surface area contributed by atoms with Gasteiger partial charge in [0.2, 0.25) is 0 Å². The minimum atomic E-state index is -1.66. The Morgan fingerprint density at radius 2 is 2.12 bits per heavy atom. The SMILES string of the molecule is C#C[C@@]1(CN2Cc3ccc(OCC4CC4)c(F)c3C2=O)NC(=O)NC1=O. The van der Waals surface area contributed by atoms with Gasteiger partial charge in [0, 0.05) is 6.54 Å². The van der Waals surface area contributed by atoms with E-state index < -0.39 is 29.2 Å². The Morgan fingerprint density at radius 3 is 2.73 bits per heavy atom. The maximum atomic E-state index is 14.7. The van der Waals surface area contributed by atoms with E-state index >= 15 is 0 Å². The number of imide groups is 1. The number of urea groups is 1. The molecule has 2 N–H and O–H groups in total. The number of terminal acetylenes is 1. The lowest BCUT2D eigenvalue weighted by atomic mass is 10.0. The predicted octanol–water partition coefficient (Wildman–Crippen LogP) is 0.782. The van der Waals surface area contributed by atoms with E-state index in [0.29, 0.717) is 18.1 Å². The number of carbonyl (C=O) groups excluding carboxylic acids is 3. The second-order valence-electron chi connectivity index (χ2n) is 6.79. The third-order valence-corrected chi connectivity index (χ3v) is 4.84. The number of hydrogen-bond donors (Lipinski definition) is 2. The summed E-state index contributed by atoms with van der Waals surface area (Å²) in [6.45, 7) is 0.285. The van der Waals surface area contributed by atoms with Crippen LogP contribution < -0.4 is 15.4 Å². The third kappa shape index (κ3) is 2.56. The number of nitrogens with one attached hydrogen (secondary N) is 2. The van der Waals surface area contributed by atoms with Gasteiger partial charge < -0.3 is 15.0 Å². The van der Waals surface area contributed by atoms with E-state index in [9.17, 15) is 18.8 Å². The molecule has 1 saturated heterocycles. The molecule has 2 heterocycles. The second kappa shape index (κ2) is 5.73. The van der Waals surface area contributed by atoms with Gasteiger partial charge in [0.25, 0.3) is 11.8 Å². The van der Waals surface area contributed by atoms with Crippen molar-refractivity contribution in [3.63, 3.8) is 0 Å². The monoisotopic (exact) mass is 357 g/mol. The number of nitrogens with zero attached hydrogens (tertiary/aromatic N) is 1. The highest BCUT2D eigenvalue weighted by Gasteiger charge is 2.48. The first-order valence-corrected chi connectivity index (χ1v) is 8.28. The quantitative estimate of drug-likeness (QED) is 0.602. The van der Waals surface area contributed by atoms with Crippen LogP contribution in [0.4, 0.5) is 9.18 Å². The van der Waals surface area contributed by atoms with Crippen molar-refractivity contribution in [3.05, 3.63) is 29.1 Å². The second-order valence-corrected chi connectivity index (χ2v) is 6.79. The standard InChI is InChI=1S/C18H16FN3O4/c1-2-18(16(24)20-17(25)21-18)9-22-7-11-5-6-12(26-8-10-3-4-10)14(19)13(11)15(22)23/h1,5-6,10H,3-4,7-9H2,(H2,20,21,24,25)/t18-/m0/s1. The van der Waals surface area contributed by atoms with E-state index in [1.54, 1.807) is 6.07 Å². The van der Waals surface area contributed by atoms with Crippen LogP contribution in [-0.2, 0) is 11.3 Å². The molecule has 0 unspecified atom stereocenters. The van der Waals surface area contributed by atoms with Crippen molar-refractivity contribution in [2.75, 3.05) is 13.2 Å². The average molecular weight is 357 g/mol. The zero-order valence-corrected chi connectivity index (χ0v) is 13.8. The number of halogens is 1. The molecule has 1 atom stereocenters. The first kappa shape index (κ1) is 16.4. The molecule has 2 fully saturated rings. The zero-order chi connectivity index (χ0) is 18.5. The van der Waals surface area contributed by atoms with E-state index in [1.165, 1.54) is 11.0 Å². The minimum absolute atomic E-state index is 0.0458. The van der Waals surface area contributed by atoms with Crippen LogP contribution in [0, 0.1) is 24.1 Å². The van der Waals surface area contributed by atoms with Gasteiger partial charge in [0.05, 0.1) is 18.7 Å². The molecule has 7 nitrogen and oxygen atoms in total. The summed E-state index contributed by atoms with van der Waals surface area (Å²) in [5.41, 5.74) is -1.24. The van der Waals surface area contributed by atoms with Gasteiger partial charge in [-0.3, -0.25) is 14.9 Å². The summed E-state index contributed by atoms with van der Waals surface area (Å²) in [6, 6.07) is 2.42. The molecular formula is C18H16FN3O4. The van der Waals surface area contributed by atoms with Gasteiger partial charge in [0.15, 0.2) is 17.1 Å². The van der Waals surface area contributed by atoms with E-state index in [-0.39, 0.29) is 24.4 Å². The highest BCUT2D eigenvalue weighted by molar-refractivity contribution is 6.10. The summed E-state index contributed by atoms with van der Waals surface area (Å²) in [5, 5.41) is 4.42. The maximum Gasteiger partial charge on any atom is 0.323 e. The van der Waals surface area contributed by atoms with E-state index in [0.717, 1.165) is 12.8 Å². The first-order valence-electron chi connectivity index (χ1n) is 8.28. The molecular weight excluding hydrogens is 341 g/mol. The third-order valence-electron chi connectivity index (χ3n) is 4.84. The van der Waals surface area contributed by atoms with Crippen molar-refractivity contribution in [3.8, 4) is 18.1 Å². The van der Waals surface area contributed by atoms with Crippen molar-refractivity contribution in [2.24, 2.45) is 5.92 Å². The molecule has 26 heavy (non-hydrogen) atoms. The molecule has 2 aliphatic heterocycles. The number of hydrogen-bond acceptors (Lipinski definition) is 4. The van der Waals surface area contributed by atoms with Gasteiger partial charge >= 0.3 is 6.03 Å². The Hall–Kier alpha value is -3.08. The van der Waals surface area contributed by atoms with Crippen LogP contribution in [0.2, 0.25) is 0 Å². The van der Waals surface area contributed by atoms with Gasteiger partial charge in [-0.05, 0) is 30.4 Å². The van der Waals surface area contributed by atoms with Crippen molar-refractivity contribution >= 4 is 17.8 Å². The number of rotatable bonds is 5. The van der Waals surface area contributed by atoms with E-state index in [2.05, 4.69) is 16.6 Å². The zero-order valence-electron chi connectivity index (χ0n) is 13.8. The van der Waals surface area contributed by atoms with Crippen LogP contribution in [0.3, 0.4) is 0 Å². The number of fused-ring (bicyclic) bond motifs is 1. The lowest BCUT2D eigenvalue weighted by Gasteiger charge is -2.26. The Balaban J connectivity index is 1.56. The number of ether oxygens (including phenoxy) is 1. The smallest absolute Gasteiger partial charge is 0.323 e. The molecule has 1 saturated carbocycles. The summed E-state index contributed by atoms with van der Waals surface area (Å²) in [7, 11) is 0. The minimum Gasteiger partial charge on any atom is -0.490 e. The van der Waals surface area contributed by atoms with Crippen molar-refractivity contribution in [2.45, 2.75) is 24.9 Å². The van der Waals surface area contributed by atoms with Crippen molar-refractivity contribution < 1.29 is 23.5 Å². The molecule has 134 valence electrons. The molecule has 4 amide bonds. The molecule has 3 aliphatic rings. The molecule has 1 aromatic rings. The molecule has 0 bridgehead atoms. The van der Waals surface area contributed by atoms with Crippen molar-refractivity contribution in [1.29, 1.82) is 0 Å². The van der Waals surface area contributed by atoms with E-state index in [4.69, 9.17) is 11.2 Å². The lowest BCUT2D eigenvalue weighted by molar-refractivity contribution is -0.122. The summed E-state index contributed by atoms with van der Waals surface area (Å²) < 4.78 is 20.2. The Bertz CT molecular complexity index is 874. The number of benzene rings is 1. The van der Waals surface area contributed by atoms with Crippen LogP contribution in [-0.4, -0.2) is 41.4 Å². The summed E-state index contributed by atoms with van der Waals surface area (Å²) in [6.07, 6.45) is 7.56. The van der Waals surface area contributed by atoms with Gasteiger partial charge in [0.1, 0.15) is 0 Å².